The first kappa shape index (κ1) is 15.5. The third kappa shape index (κ3) is 2.47. The topological polar surface area (TPSA) is 78.0 Å². The molecule has 0 aromatic carbocycles. The Balaban J connectivity index is 1.82. The lowest BCUT2D eigenvalue weighted by molar-refractivity contribution is 0.166. The van der Waals surface area contributed by atoms with Crippen molar-refractivity contribution in [3.8, 4) is 6.07 Å². The van der Waals surface area contributed by atoms with Crippen LogP contribution in [0.5, 0.6) is 0 Å². The van der Waals surface area contributed by atoms with E-state index in [9.17, 15) is 5.11 Å². The molecule has 1 aliphatic heterocycles. The Morgan fingerprint density at radius 2 is 2.21 bits per heavy atom. The van der Waals surface area contributed by atoms with E-state index in [1.54, 1.807) is 24.5 Å². The second kappa shape index (κ2) is 6.13. The average molecular weight is 341 g/mol. The van der Waals surface area contributed by atoms with Crippen LogP contribution in [-0.4, -0.2) is 44.2 Å². The number of thiophene rings is 1. The fourth-order valence-corrected chi connectivity index (χ4v) is 4.49. The molecule has 0 spiro atoms. The molecule has 7 heteroatoms. The third-order valence-corrected chi connectivity index (χ3v) is 5.65. The Bertz CT molecular complexity index is 914. The van der Waals surface area contributed by atoms with Gasteiger partial charge in [0.1, 0.15) is 17.4 Å². The van der Waals surface area contributed by atoms with Crippen molar-refractivity contribution < 1.29 is 5.11 Å². The lowest BCUT2D eigenvalue weighted by atomic mass is 10.0. The molecule has 1 fully saturated rings. The molecule has 0 aliphatic carbocycles. The molecule has 6 nitrogen and oxygen atoms in total. The third-order valence-electron chi connectivity index (χ3n) is 4.74. The number of nitriles is 1. The van der Waals surface area contributed by atoms with Crippen LogP contribution in [0.25, 0.3) is 21.3 Å². The Hall–Kier alpha value is -2.01. The maximum atomic E-state index is 10.2. The molecule has 4 heterocycles. The van der Waals surface area contributed by atoms with Crippen molar-refractivity contribution in [1.29, 1.82) is 5.26 Å². The molecule has 24 heavy (non-hydrogen) atoms. The quantitative estimate of drug-likeness (QED) is 0.741. The molecule has 1 atom stereocenters. The first-order valence-electron chi connectivity index (χ1n) is 8.20. The maximum Gasteiger partial charge on any atom is 0.138 e. The van der Waals surface area contributed by atoms with E-state index in [0.717, 1.165) is 47.2 Å². The molecule has 0 amide bonds. The van der Waals surface area contributed by atoms with Crippen molar-refractivity contribution in [2.75, 3.05) is 19.6 Å². The van der Waals surface area contributed by atoms with Crippen LogP contribution in [-0.2, 0) is 0 Å². The minimum atomic E-state index is -0.621. The van der Waals surface area contributed by atoms with Crippen molar-refractivity contribution in [2.45, 2.75) is 31.9 Å². The molecule has 4 rings (SSSR count). The van der Waals surface area contributed by atoms with Gasteiger partial charge in [-0.2, -0.15) is 5.26 Å². The summed E-state index contributed by atoms with van der Waals surface area (Å²) in [6.45, 7) is 4.05. The fourth-order valence-electron chi connectivity index (χ4n) is 3.60. The van der Waals surface area contributed by atoms with Crippen molar-refractivity contribution in [3.05, 3.63) is 23.5 Å². The number of hydrogen-bond acceptors (Lipinski definition) is 6. The van der Waals surface area contributed by atoms with Crippen molar-refractivity contribution in [3.63, 3.8) is 0 Å². The second-order valence-electron chi connectivity index (χ2n) is 6.31. The molecule has 3 aromatic heterocycles. The van der Waals surface area contributed by atoms with Gasteiger partial charge in [-0.3, -0.25) is 9.88 Å². The van der Waals surface area contributed by atoms with Crippen molar-refractivity contribution in [1.82, 2.24) is 19.4 Å². The van der Waals surface area contributed by atoms with Crippen LogP contribution in [0.4, 0.5) is 0 Å². The van der Waals surface area contributed by atoms with Gasteiger partial charge in [-0.25, -0.2) is 4.98 Å². The smallest absolute Gasteiger partial charge is 0.138 e. The zero-order valence-corrected chi connectivity index (χ0v) is 14.3. The van der Waals surface area contributed by atoms with Crippen LogP contribution in [0.2, 0.25) is 0 Å². The summed E-state index contributed by atoms with van der Waals surface area (Å²) >= 11 is 1.67. The maximum absolute atomic E-state index is 10.2. The Morgan fingerprint density at radius 1 is 1.42 bits per heavy atom. The molecule has 0 bridgehead atoms. The molecule has 0 radical (unpaired) electrons. The Morgan fingerprint density at radius 3 is 2.92 bits per heavy atom. The minimum Gasteiger partial charge on any atom is -0.385 e. The summed E-state index contributed by atoms with van der Waals surface area (Å²) in [5, 5.41) is 21.2. The van der Waals surface area contributed by atoms with Crippen LogP contribution >= 0.6 is 11.3 Å². The summed E-state index contributed by atoms with van der Waals surface area (Å²) in [7, 11) is 0. The summed E-state index contributed by atoms with van der Waals surface area (Å²) < 4.78 is 3.36. The number of hydrogen-bond donors (Lipinski definition) is 1. The summed E-state index contributed by atoms with van der Waals surface area (Å²) in [5.41, 5.74) is 2.91. The summed E-state index contributed by atoms with van der Waals surface area (Å²) in [6, 6.07) is 4.54. The normalized spacial score (nSPS) is 18.2. The number of imidazole rings is 1. The van der Waals surface area contributed by atoms with Gasteiger partial charge < -0.3 is 9.67 Å². The highest BCUT2D eigenvalue weighted by atomic mass is 32.1. The van der Waals surface area contributed by atoms with Crippen molar-refractivity contribution >= 4 is 32.6 Å². The van der Waals surface area contributed by atoms with Crippen LogP contribution < -0.4 is 0 Å². The second-order valence-corrected chi connectivity index (χ2v) is 7.22. The number of piperidine rings is 1. The average Bonchev–Trinajstić information content (AvgIpc) is 3.19. The monoisotopic (exact) mass is 341 g/mol. The zero-order chi connectivity index (χ0) is 16.7. The van der Waals surface area contributed by atoms with Gasteiger partial charge in [0, 0.05) is 19.1 Å². The molecule has 1 unspecified atom stereocenters. The highest BCUT2D eigenvalue weighted by Gasteiger charge is 2.27. The lowest BCUT2D eigenvalue weighted by Crippen LogP contribution is -2.35. The zero-order valence-electron chi connectivity index (χ0n) is 13.5. The van der Waals surface area contributed by atoms with Gasteiger partial charge in [0.15, 0.2) is 0 Å². The first-order chi connectivity index (χ1) is 11.7. The molecule has 1 N–H and O–H groups in total. The van der Waals surface area contributed by atoms with E-state index in [-0.39, 0.29) is 0 Å². The first-order valence-corrected chi connectivity index (χ1v) is 9.08. The van der Waals surface area contributed by atoms with Crippen LogP contribution in [0, 0.1) is 11.3 Å². The fraction of sp³-hybridized carbons (Fsp3) is 0.471. The number of aromatic nitrogens is 3. The lowest BCUT2D eigenvalue weighted by Gasteiger charge is -2.32. The van der Waals surface area contributed by atoms with Gasteiger partial charge in [-0.05, 0) is 31.2 Å². The van der Waals surface area contributed by atoms with Gasteiger partial charge >= 0.3 is 0 Å². The SMILES string of the molecule is CC(O)c1nc2cnc3ccsc3c2n1C1CCN(CC#N)CC1. The number of likely N-dealkylation sites (tertiary alicyclic amines) is 1. The molecule has 0 saturated carbocycles. The van der Waals surface area contributed by atoms with E-state index in [1.165, 1.54) is 0 Å². The van der Waals surface area contributed by atoms with Gasteiger partial charge in [-0.15, -0.1) is 11.3 Å². The predicted octanol–water partition coefficient (Wildman–Crippen LogP) is 2.86. The van der Waals surface area contributed by atoms with Crippen LogP contribution in [0.3, 0.4) is 0 Å². The molecular weight excluding hydrogens is 322 g/mol. The predicted molar refractivity (Wildman–Crippen MR) is 93.9 cm³/mol. The largest absolute Gasteiger partial charge is 0.385 e. The van der Waals surface area contributed by atoms with Gasteiger partial charge in [-0.1, -0.05) is 0 Å². The number of pyridine rings is 1. The highest BCUT2D eigenvalue weighted by Crippen LogP contribution is 2.35. The van der Waals surface area contributed by atoms with E-state index >= 15 is 0 Å². The van der Waals surface area contributed by atoms with Crippen LogP contribution in [0.1, 0.15) is 37.7 Å². The summed E-state index contributed by atoms with van der Waals surface area (Å²) in [6.07, 6.45) is 3.10. The number of nitrogens with zero attached hydrogens (tertiary/aromatic N) is 5. The van der Waals surface area contributed by atoms with E-state index in [2.05, 4.69) is 25.5 Å². The van der Waals surface area contributed by atoms with E-state index in [4.69, 9.17) is 5.26 Å². The number of rotatable bonds is 3. The minimum absolute atomic E-state index is 0.294. The van der Waals surface area contributed by atoms with E-state index in [0.29, 0.717) is 18.4 Å². The van der Waals surface area contributed by atoms with E-state index < -0.39 is 6.10 Å². The molecular formula is C17H19N5OS. The van der Waals surface area contributed by atoms with Gasteiger partial charge in [0.25, 0.3) is 0 Å². The van der Waals surface area contributed by atoms with E-state index in [1.807, 2.05) is 11.4 Å². The standard InChI is InChI=1S/C17H19N5OS/c1-11(23)17-20-14-10-19-13-4-9-24-16(13)15(14)22(17)12-2-6-21(7-3-12)8-5-18/h4,9-12,23H,2-3,6-8H2,1H3. The number of fused-ring (bicyclic) bond motifs is 3. The number of aliphatic hydroxyl groups is 1. The molecule has 124 valence electrons. The van der Waals surface area contributed by atoms with Crippen molar-refractivity contribution in [2.24, 2.45) is 0 Å². The summed E-state index contributed by atoms with van der Waals surface area (Å²) in [4.78, 5) is 11.3. The Kier molecular flexibility index (Phi) is 3.96. The summed E-state index contributed by atoms with van der Waals surface area (Å²) in [5.74, 6) is 0.714. The number of aliphatic hydroxyl groups excluding tert-OH is 1. The van der Waals surface area contributed by atoms with Crippen LogP contribution in [0.15, 0.2) is 17.6 Å². The Labute approximate surface area is 144 Å². The molecule has 1 saturated heterocycles. The highest BCUT2D eigenvalue weighted by molar-refractivity contribution is 7.18. The molecule has 1 aliphatic rings. The van der Waals surface area contributed by atoms with Gasteiger partial charge in [0.2, 0.25) is 0 Å². The molecule has 3 aromatic rings. The van der Waals surface area contributed by atoms with Gasteiger partial charge in [0.05, 0.1) is 34.5 Å².